The van der Waals surface area contributed by atoms with Gasteiger partial charge in [-0.3, -0.25) is 4.98 Å². The first-order valence-electron chi connectivity index (χ1n) is 8.89. The molecule has 0 bridgehead atoms. The molecular weight excluding hydrogens is 355 g/mol. The van der Waals surface area contributed by atoms with Crippen molar-refractivity contribution in [2.45, 2.75) is 49.5 Å². The van der Waals surface area contributed by atoms with Crippen LogP contribution >= 0.6 is 0 Å². The molecule has 1 aliphatic carbocycles. The molecule has 1 aromatic heterocycles. The smallest absolute Gasteiger partial charge is 0.240 e. The molecule has 3 rings (SSSR count). The van der Waals surface area contributed by atoms with Gasteiger partial charge in [-0.25, -0.2) is 17.5 Å². The van der Waals surface area contributed by atoms with E-state index in [4.69, 9.17) is 4.74 Å². The summed E-state index contributed by atoms with van der Waals surface area (Å²) in [5.41, 5.74) is 1.05. The first-order valence-corrected chi connectivity index (χ1v) is 10.4. The van der Waals surface area contributed by atoms with Crippen LogP contribution in [0.4, 0.5) is 4.39 Å². The van der Waals surface area contributed by atoms with Crippen molar-refractivity contribution in [2.24, 2.45) is 0 Å². The van der Waals surface area contributed by atoms with E-state index in [-0.39, 0.29) is 23.3 Å². The quantitative estimate of drug-likeness (QED) is 0.715. The van der Waals surface area contributed by atoms with Crippen molar-refractivity contribution in [1.29, 1.82) is 0 Å². The molecular formula is C19H23FN2O3S. The molecule has 5 nitrogen and oxygen atoms in total. The van der Waals surface area contributed by atoms with Crippen molar-refractivity contribution in [2.75, 3.05) is 6.54 Å². The highest BCUT2D eigenvalue weighted by Gasteiger charge is 2.20. The average Bonchev–Trinajstić information content (AvgIpc) is 3.14. The molecule has 1 aromatic carbocycles. The van der Waals surface area contributed by atoms with E-state index in [2.05, 4.69) is 9.71 Å². The Balaban J connectivity index is 1.55. The maximum Gasteiger partial charge on any atom is 0.240 e. The minimum Gasteiger partial charge on any atom is -0.487 e. The summed E-state index contributed by atoms with van der Waals surface area (Å²) in [6, 6.07) is 7.60. The Morgan fingerprint density at radius 3 is 2.73 bits per heavy atom. The third-order valence-electron chi connectivity index (χ3n) is 4.47. The minimum absolute atomic E-state index is 0.0255. The van der Waals surface area contributed by atoms with E-state index >= 15 is 0 Å². The molecule has 1 aliphatic rings. The van der Waals surface area contributed by atoms with Crippen molar-refractivity contribution in [3.8, 4) is 5.75 Å². The second-order valence-corrected chi connectivity index (χ2v) is 8.25. The van der Waals surface area contributed by atoms with E-state index in [0.29, 0.717) is 6.42 Å². The molecule has 0 radical (unpaired) electrons. The van der Waals surface area contributed by atoms with Gasteiger partial charge in [-0.05, 0) is 68.4 Å². The van der Waals surface area contributed by atoms with Gasteiger partial charge in [0.25, 0.3) is 0 Å². The number of nitrogens with one attached hydrogen (secondary N) is 1. The molecule has 7 heteroatoms. The van der Waals surface area contributed by atoms with Crippen LogP contribution in [0.1, 0.15) is 37.7 Å². The normalized spacial score (nSPS) is 15.3. The lowest BCUT2D eigenvalue weighted by atomic mass is 10.2. The summed E-state index contributed by atoms with van der Waals surface area (Å²) < 4.78 is 47.0. The SMILES string of the molecule is O=S(=O)(NCCCc1cccnc1)c1ccc(OC2CCCC2)c(F)c1. The van der Waals surface area contributed by atoms with E-state index in [1.165, 1.54) is 12.1 Å². The number of rotatable bonds is 8. The van der Waals surface area contributed by atoms with Gasteiger partial charge >= 0.3 is 0 Å². The number of ether oxygens (including phenoxy) is 1. The van der Waals surface area contributed by atoms with Crippen LogP contribution < -0.4 is 9.46 Å². The van der Waals surface area contributed by atoms with Crippen LogP contribution in [0.3, 0.4) is 0 Å². The lowest BCUT2D eigenvalue weighted by molar-refractivity contribution is 0.200. The molecule has 0 unspecified atom stereocenters. The molecule has 0 saturated heterocycles. The second kappa shape index (κ2) is 8.60. The summed E-state index contributed by atoms with van der Waals surface area (Å²) in [5.74, 6) is -0.525. The Kier molecular flexibility index (Phi) is 6.21. The van der Waals surface area contributed by atoms with Gasteiger partial charge in [0.2, 0.25) is 10.0 Å². The molecule has 0 amide bonds. The van der Waals surface area contributed by atoms with Gasteiger partial charge in [-0.2, -0.15) is 0 Å². The molecule has 2 aromatic rings. The zero-order valence-corrected chi connectivity index (χ0v) is 15.3. The molecule has 1 heterocycles. The summed E-state index contributed by atoms with van der Waals surface area (Å²) in [7, 11) is -3.74. The van der Waals surface area contributed by atoms with E-state index in [0.717, 1.165) is 43.7 Å². The molecule has 140 valence electrons. The Bertz CT molecular complexity index is 822. The van der Waals surface area contributed by atoms with Gasteiger partial charge in [-0.1, -0.05) is 6.07 Å². The highest BCUT2D eigenvalue weighted by atomic mass is 32.2. The molecule has 0 spiro atoms. The fourth-order valence-corrected chi connectivity index (χ4v) is 4.14. The Labute approximate surface area is 153 Å². The van der Waals surface area contributed by atoms with Crippen molar-refractivity contribution in [1.82, 2.24) is 9.71 Å². The standard InChI is InChI=1S/C19H23FN2O3S/c20-18-13-17(9-10-19(18)25-16-7-1-2-8-16)26(23,24)22-12-4-6-15-5-3-11-21-14-15/h3,5,9-11,13-14,16,22H,1-2,4,6-8,12H2. The minimum atomic E-state index is -3.74. The van der Waals surface area contributed by atoms with E-state index in [9.17, 15) is 12.8 Å². The van der Waals surface area contributed by atoms with Gasteiger partial charge in [0, 0.05) is 18.9 Å². The number of hydrogen-bond donors (Lipinski definition) is 1. The summed E-state index contributed by atoms with van der Waals surface area (Å²) in [4.78, 5) is 3.93. The monoisotopic (exact) mass is 378 g/mol. The molecule has 0 atom stereocenters. The van der Waals surface area contributed by atoms with Gasteiger partial charge in [0.05, 0.1) is 11.0 Å². The number of pyridine rings is 1. The molecule has 0 aliphatic heterocycles. The van der Waals surface area contributed by atoms with Crippen LogP contribution in [0, 0.1) is 5.82 Å². The first-order chi connectivity index (χ1) is 12.5. The van der Waals surface area contributed by atoms with Gasteiger partial charge < -0.3 is 4.74 Å². The molecule has 1 N–H and O–H groups in total. The van der Waals surface area contributed by atoms with Crippen LogP contribution in [-0.4, -0.2) is 26.1 Å². The van der Waals surface area contributed by atoms with E-state index in [1.54, 1.807) is 12.4 Å². The number of aryl methyl sites for hydroxylation is 1. The maximum absolute atomic E-state index is 14.2. The summed E-state index contributed by atoms with van der Waals surface area (Å²) in [6.07, 6.45) is 8.83. The van der Waals surface area contributed by atoms with Gasteiger partial charge in [0.15, 0.2) is 11.6 Å². The highest BCUT2D eigenvalue weighted by molar-refractivity contribution is 7.89. The van der Waals surface area contributed by atoms with Crippen LogP contribution in [0.15, 0.2) is 47.6 Å². The number of sulfonamides is 1. The van der Waals surface area contributed by atoms with Crippen LogP contribution in [0.2, 0.25) is 0 Å². The van der Waals surface area contributed by atoms with Crippen LogP contribution in [0.5, 0.6) is 5.75 Å². The molecule has 26 heavy (non-hydrogen) atoms. The third kappa shape index (κ3) is 5.02. The topological polar surface area (TPSA) is 68.3 Å². The van der Waals surface area contributed by atoms with Crippen molar-refractivity contribution < 1.29 is 17.5 Å². The summed E-state index contributed by atoms with van der Waals surface area (Å²) in [6.45, 7) is 0.277. The number of halogens is 1. The van der Waals surface area contributed by atoms with Gasteiger partial charge in [-0.15, -0.1) is 0 Å². The van der Waals surface area contributed by atoms with Crippen LogP contribution in [0.25, 0.3) is 0 Å². The first kappa shape index (κ1) is 18.8. The average molecular weight is 378 g/mol. The lowest BCUT2D eigenvalue weighted by Gasteiger charge is -2.14. The largest absolute Gasteiger partial charge is 0.487 e. The summed E-state index contributed by atoms with van der Waals surface area (Å²) in [5, 5.41) is 0. The van der Waals surface area contributed by atoms with Gasteiger partial charge in [0.1, 0.15) is 0 Å². The maximum atomic E-state index is 14.2. The van der Waals surface area contributed by atoms with Crippen molar-refractivity contribution >= 4 is 10.0 Å². The zero-order chi connectivity index (χ0) is 18.4. The number of hydrogen-bond acceptors (Lipinski definition) is 4. The zero-order valence-electron chi connectivity index (χ0n) is 14.5. The Hall–Kier alpha value is -1.99. The predicted octanol–water partition coefficient (Wildman–Crippen LogP) is 3.45. The predicted molar refractivity (Wildman–Crippen MR) is 97.0 cm³/mol. The van der Waals surface area contributed by atoms with E-state index in [1.807, 2.05) is 12.1 Å². The number of nitrogens with zero attached hydrogens (tertiary/aromatic N) is 1. The lowest BCUT2D eigenvalue weighted by Crippen LogP contribution is -2.25. The van der Waals surface area contributed by atoms with E-state index < -0.39 is 15.8 Å². The van der Waals surface area contributed by atoms with Crippen molar-refractivity contribution in [3.05, 3.63) is 54.1 Å². The fourth-order valence-electron chi connectivity index (χ4n) is 3.06. The Morgan fingerprint density at radius 2 is 2.04 bits per heavy atom. The summed E-state index contributed by atoms with van der Waals surface area (Å²) >= 11 is 0. The molecule has 1 fully saturated rings. The Morgan fingerprint density at radius 1 is 1.23 bits per heavy atom. The second-order valence-electron chi connectivity index (χ2n) is 6.48. The number of benzene rings is 1. The molecule has 1 saturated carbocycles. The third-order valence-corrected chi connectivity index (χ3v) is 5.93. The highest BCUT2D eigenvalue weighted by Crippen LogP contribution is 2.27. The number of aromatic nitrogens is 1. The van der Waals surface area contributed by atoms with Crippen molar-refractivity contribution in [3.63, 3.8) is 0 Å². The fraction of sp³-hybridized carbons (Fsp3) is 0.421. The van der Waals surface area contributed by atoms with Crippen LogP contribution in [-0.2, 0) is 16.4 Å².